The predicted molar refractivity (Wildman–Crippen MR) is 88.2 cm³/mol. The predicted octanol–water partition coefficient (Wildman–Crippen LogP) is 3.61. The van der Waals surface area contributed by atoms with Gasteiger partial charge in [-0.3, -0.25) is 4.72 Å². The Morgan fingerprint density at radius 1 is 1.14 bits per heavy atom. The highest BCUT2D eigenvalue weighted by atomic mass is 79.9. The first-order valence-corrected chi connectivity index (χ1v) is 8.98. The van der Waals surface area contributed by atoms with E-state index in [0.717, 1.165) is 25.1 Å². The van der Waals surface area contributed by atoms with Crippen molar-refractivity contribution in [2.75, 3.05) is 16.6 Å². The van der Waals surface area contributed by atoms with E-state index in [0.29, 0.717) is 10.2 Å². The minimum absolute atomic E-state index is 0.232. The van der Waals surface area contributed by atoms with Gasteiger partial charge in [-0.15, -0.1) is 0 Å². The lowest BCUT2D eigenvalue weighted by Gasteiger charge is -2.19. The van der Waals surface area contributed by atoms with E-state index in [-0.39, 0.29) is 4.90 Å². The molecule has 2 aromatic carbocycles. The molecule has 0 aromatic heterocycles. The molecule has 3 rings (SSSR count). The van der Waals surface area contributed by atoms with Gasteiger partial charge in [-0.05, 0) is 58.6 Å². The van der Waals surface area contributed by atoms with Crippen LogP contribution in [0.1, 0.15) is 12.0 Å². The molecule has 110 valence electrons. The standard InChI is InChI=1S/C15H15BrN2O2S/c16-13-5-1-2-6-15(13)21(19,20)18-12-8-7-11-4-3-9-17-14(11)10-12/h1-2,5-8,10,17-18H,3-4,9H2. The van der Waals surface area contributed by atoms with Crippen LogP contribution < -0.4 is 10.0 Å². The normalized spacial score (nSPS) is 14.1. The molecule has 6 heteroatoms. The number of sulfonamides is 1. The van der Waals surface area contributed by atoms with Crippen LogP contribution in [-0.2, 0) is 16.4 Å². The first-order chi connectivity index (χ1) is 10.1. The van der Waals surface area contributed by atoms with Gasteiger partial charge < -0.3 is 5.32 Å². The smallest absolute Gasteiger partial charge is 0.263 e. The van der Waals surface area contributed by atoms with Crippen molar-refractivity contribution in [3.8, 4) is 0 Å². The van der Waals surface area contributed by atoms with Crippen molar-refractivity contribution in [2.24, 2.45) is 0 Å². The van der Waals surface area contributed by atoms with Crippen LogP contribution >= 0.6 is 15.9 Å². The van der Waals surface area contributed by atoms with Crippen LogP contribution in [0.3, 0.4) is 0 Å². The van der Waals surface area contributed by atoms with Gasteiger partial charge in [-0.25, -0.2) is 8.42 Å². The highest BCUT2D eigenvalue weighted by Gasteiger charge is 2.18. The molecule has 1 heterocycles. The molecule has 0 fully saturated rings. The third-order valence-electron chi connectivity index (χ3n) is 3.43. The van der Waals surface area contributed by atoms with Crippen molar-refractivity contribution in [3.63, 3.8) is 0 Å². The van der Waals surface area contributed by atoms with E-state index in [4.69, 9.17) is 0 Å². The number of aryl methyl sites for hydroxylation is 1. The number of nitrogens with one attached hydrogen (secondary N) is 2. The molecule has 0 spiro atoms. The molecule has 0 unspecified atom stereocenters. The van der Waals surface area contributed by atoms with Crippen LogP contribution in [0.25, 0.3) is 0 Å². The van der Waals surface area contributed by atoms with Gasteiger partial charge in [0.25, 0.3) is 10.0 Å². The molecule has 21 heavy (non-hydrogen) atoms. The van der Waals surface area contributed by atoms with Crippen LogP contribution in [-0.4, -0.2) is 15.0 Å². The Morgan fingerprint density at radius 3 is 2.76 bits per heavy atom. The number of halogens is 1. The maximum absolute atomic E-state index is 12.4. The summed E-state index contributed by atoms with van der Waals surface area (Å²) in [6.07, 6.45) is 2.13. The summed E-state index contributed by atoms with van der Waals surface area (Å²) < 4.78 is 28.0. The van der Waals surface area contributed by atoms with Crippen LogP contribution in [0.5, 0.6) is 0 Å². The summed E-state index contributed by atoms with van der Waals surface area (Å²) in [7, 11) is -3.60. The number of benzene rings is 2. The molecule has 0 radical (unpaired) electrons. The molecule has 2 aromatic rings. The Balaban J connectivity index is 1.91. The molecular formula is C15H15BrN2O2S. The third-order valence-corrected chi connectivity index (χ3v) is 5.82. The van der Waals surface area contributed by atoms with Gasteiger partial charge in [0.1, 0.15) is 4.90 Å². The van der Waals surface area contributed by atoms with E-state index < -0.39 is 10.0 Å². The first kappa shape index (κ1) is 14.4. The minimum Gasteiger partial charge on any atom is -0.385 e. The van der Waals surface area contributed by atoms with Crippen LogP contribution in [0, 0.1) is 0 Å². The Kier molecular flexibility index (Phi) is 3.91. The molecule has 4 nitrogen and oxygen atoms in total. The number of anilines is 2. The van der Waals surface area contributed by atoms with Crippen LogP contribution in [0.15, 0.2) is 51.8 Å². The average molecular weight is 367 g/mol. The van der Waals surface area contributed by atoms with Gasteiger partial charge in [0.2, 0.25) is 0 Å². The Hall–Kier alpha value is -1.53. The van der Waals surface area contributed by atoms with Crippen molar-refractivity contribution < 1.29 is 8.42 Å². The fourth-order valence-corrected chi connectivity index (χ4v) is 4.45. The topological polar surface area (TPSA) is 58.2 Å². The quantitative estimate of drug-likeness (QED) is 0.872. The largest absolute Gasteiger partial charge is 0.385 e. The second kappa shape index (κ2) is 5.69. The maximum atomic E-state index is 12.4. The molecular weight excluding hydrogens is 352 g/mol. The second-order valence-electron chi connectivity index (χ2n) is 4.94. The summed E-state index contributed by atoms with van der Waals surface area (Å²) in [6.45, 7) is 0.924. The zero-order chi connectivity index (χ0) is 14.9. The lowest BCUT2D eigenvalue weighted by atomic mass is 10.0. The minimum atomic E-state index is -3.60. The molecule has 2 N–H and O–H groups in total. The average Bonchev–Trinajstić information content (AvgIpc) is 2.47. The second-order valence-corrected chi connectivity index (χ2v) is 7.44. The molecule has 0 saturated heterocycles. The van der Waals surface area contributed by atoms with Gasteiger partial charge in [0.05, 0.1) is 5.69 Å². The Morgan fingerprint density at radius 2 is 1.95 bits per heavy atom. The fourth-order valence-electron chi connectivity index (χ4n) is 2.40. The maximum Gasteiger partial charge on any atom is 0.263 e. The highest BCUT2D eigenvalue weighted by molar-refractivity contribution is 9.10. The van der Waals surface area contributed by atoms with Crippen molar-refractivity contribution >= 4 is 37.3 Å². The SMILES string of the molecule is O=S(=O)(Nc1ccc2c(c1)NCCC2)c1ccccc1Br. The number of rotatable bonds is 3. The van der Waals surface area contributed by atoms with Gasteiger partial charge >= 0.3 is 0 Å². The molecule has 0 bridgehead atoms. The lowest BCUT2D eigenvalue weighted by Crippen LogP contribution is -2.15. The monoisotopic (exact) mass is 366 g/mol. The van der Waals surface area contributed by atoms with E-state index in [1.54, 1.807) is 30.3 Å². The van der Waals surface area contributed by atoms with Gasteiger partial charge in [-0.1, -0.05) is 18.2 Å². The third kappa shape index (κ3) is 3.06. The molecule has 0 amide bonds. The van der Waals surface area contributed by atoms with E-state index in [2.05, 4.69) is 26.0 Å². The van der Waals surface area contributed by atoms with E-state index >= 15 is 0 Å². The van der Waals surface area contributed by atoms with Gasteiger partial charge in [-0.2, -0.15) is 0 Å². The Bertz CT molecular complexity index is 775. The summed E-state index contributed by atoms with van der Waals surface area (Å²) >= 11 is 3.27. The number of hydrogen-bond donors (Lipinski definition) is 2. The molecule has 1 aliphatic rings. The first-order valence-electron chi connectivity index (χ1n) is 6.70. The van der Waals surface area contributed by atoms with Crippen molar-refractivity contribution in [1.82, 2.24) is 0 Å². The molecule has 0 atom stereocenters. The van der Waals surface area contributed by atoms with Crippen molar-refractivity contribution in [3.05, 3.63) is 52.5 Å². The highest BCUT2D eigenvalue weighted by Crippen LogP contribution is 2.28. The Labute approximate surface area is 132 Å². The molecule has 1 aliphatic heterocycles. The summed E-state index contributed by atoms with van der Waals surface area (Å²) in [6, 6.07) is 12.4. The van der Waals surface area contributed by atoms with Crippen molar-refractivity contribution in [1.29, 1.82) is 0 Å². The van der Waals surface area contributed by atoms with Gasteiger partial charge in [0.15, 0.2) is 0 Å². The zero-order valence-corrected chi connectivity index (χ0v) is 13.7. The van der Waals surface area contributed by atoms with E-state index in [1.165, 1.54) is 5.56 Å². The van der Waals surface area contributed by atoms with E-state index in [9.17, 15) is 8.42 Å². The summed E-state index contributed by atoms with van der Waals surface area (Å²) in [4.78, 5) is 0.232. The summed E-state index contributed by atoms with van der Waals surface area (Å²) in [5.41, 5.74) is 2.80. The van der Waals surface area contributed by atoms with Crippen molar-refractivity contribution in [2.45, 2.75) is 17.7 Å². The fraction of sp³-hybridized carbons (Fsp3) is 0.200. The number of hydrogen-bond acceptors (Lipinski definition) is 3. The zero-order valence-electron chi connectivity index (χ0n) is 11.3. The van der Waals surface area contributed by atoms with Crippen LogP contribution in [0.2, 0.25) is 0 Å². The van der Waals surface area contributed by atoms with Crippen LogP contribution in [0.4, 0.5) is 11.4 Å². The molecule has 0 saturated carbocycles. The number of fused-ring (bicyclic) bond motifs is 1. The molecule has 0 aliphatic carbocycles. The van der Waals surface area contributed by atoms with E-state index in [1.807, 2.05) is 12.1 Å². The summed E-state index contributed by atoms with van der Waals surface area (Å²) in [5.74, 6) is 0. The van der Waals surface area contributed by atoms with Gasteiger partial charge in [0, 0.05) is 16.7 Å². The summed E-state index contributed by atoms with van der Waals surface area (Å²) in [5, 5.41) is 3.30. The lowest BCUT2D eigenvalue weighted by molar-refractivity contribution is 0.601.